The number of methoxy groups -OCH3 is 2. The highest BCUT2D eigenvalue weighted by Gasteiger charge is 2.13. The first-order valence-electron chi connectivity index (χ1n) is 8.38. The number of rotatable bonds is 5. The van der Waals surface area contributed by atoms with Gasteiger partial charge in [-0.15, -0.1) is 0 Å². The van der Waals surface area contributed by atoms with Gasteiger partial charge in [-0.25, -0.2) is 4.98 Å². The van der Waals surface area contributed by atoms with Gasteiger partial charge in [0, 0.05) is 39.9 Å². The number of imidazole rings is 1. The van der Waals surface area contributed by atoms with Crippen LogP contribution in [0, 0.1) is 0 Å². The summed E-state index contributed by atoms with van der Waals surface area (Å²) < 4.78 is 24.5. The molecule has 7 heteroatoms. The zero-order chi connectivity index (χ0) is 19.0. The van der Waals surface area contributed by atoms with Crippen LogP contribution in [0.3, 0.4) is 0 Å². The molecule has 4 rings (SSSR count). The van der Waals surface area contributed by atoms with Crippen molar-refractivity contribution >= 4 is 32.7 Å². The van der Waals surface area contributed by atoms with Crippen LogP contribution in [0.25, 0.3) is 21.9 Å². The molecular formula is C20H19N3O3S. The van der Waals surface area contributed by atoms with Gasteiger partial charge in [-0.05, 0) is 23.8 Å². The summed E-state index contributed by atoms with van der Waals surface area (Å²) in [5.41, 5.74) is 3.73. The third-order valence-electron chi connectivity index (χ3n) is 4.56. The van der Waals surface area contributed by atoms with Crippen LogP contribution in [-0.4, -0.2) is 39.2 Å². The molecule has 0 amide bonds. The van der Waals surface area contributed by atoms with Crippen molar-refractivity contribution in [3.8, 4) is 11.5 Å². The van der Waals surface area contributed by atoms with Crippen molar-refractivity contribution in [2.45, 2.75) is 11.4 Å². The lowest BCUT2D eigenvalue weighted by molar-refractivity contribution is 0.356. The van der Waals surface area contributed by atoms with Crippen molar-refractivity contribution in [3.63, 3.8) is 0 Å². The molecule has 6 nitrogen and oxygen atoms in total. The predicted molar refractivity (Wildman–Crippen MR) is 106 cm³/mol. The molecule has 0 aliphatic heterocycles. The molecule has 0 aliphatic carbocycles. The summed E-state index contributed by atoms with van der Waals surface area (Å²) >= 11 is 0. The fourth-order valence-corrected chi connectivity index (χ4v) is 3.70. The second-order valence-corrected chi connectivity index (χ2v) is 7.57. The van der Waals surface area contributed by atoms with Gasteiger partial charge in [-0.1, -0.05) is 12.1 Å². The minimum absolute atomic E-state index is 0.645. The van der Waals surface area contributed by atoms with E-state index in [4.69, 9.17) is 9.47 Å². The van der Waals surface area contributed by atoms with Gasteiger partial charge in [0.2, 0.25) is 0 Å². The minimum Gasteiger partial charge on any atom is -0.493 e. The van der Waals surface area contributed by atoms with Gasteiger partial charge in [0.1, 0.15) is 5.52 Å². The summed E-state index contributed by atoms with van der Waals surface area (Å²) in [6.07, 6.45) is 5.26. The van der Waals surface area contributed by atoms with Crippen molar-refractivity contribution in [1.29, 1.82) is 0 Å². The van der Waals surface area contributed by atoms with E-state index < -0.39 is 10.8 Å². The number of pyridine rings is 1. The molecule has 0 N–H and O–H groups in total. The van der Waals surface area contributed by atoms with Gasteiger partial charge in [0.25, 0.3) is 0 Å². The molecule has 0 radical (unpaired) electrons. The van der Waals surface area contributed by atoms with Crippen LogP contribution in [0.15, 0.2) is 53.8 Å². The lowest BCUT2D eigenvalue weighted by Crippen LogP contribution is -2.00. The fourth-order valence-electron chi connectivity index (χ4n) is 3.18. The van der Waals surface area contributed by atoms with Gasteiger partial charge < -0.3 is 14.0 Å². The van der Waals surface area contributed by atoms with Crippen molar-refractivity contribution in [1.82, 2.24) is 14.5 Å². The Hall–Kier alpha value is -2.93. The maximum atomic E-state index is 11.6. The molecule has 0 aliphatic rings. The van der Waals surface area contributed by atoms with Gasteiger partial charge in [0.15, 0.2) is 11.5 Å². The average Bonchev–Trinajstić information content (AvgIpc) is 3.10. The highest BCUT2D eigenvalue weighted by atomic mass is 32.2. The Morgan fingerprint density at radius 2 is 1.70 bits per heavy atom. The number of nitrogens with zero attached hydrogens (tertiary/aromatic N) is 3. The molecule has 0 bridgehead atoms. The molecule has 0 fully saturated rings. The number of hydrogen-bond acceptors (Lipinski definition) is 5. The summed E-state index contributed by atoms with van der Waals surface area (Å²) in [4.78, 5) is 9.81. The maximum absolute atomic E-state index is 11.6. The molecule has 2 aromatic heterocycles. The van der Waals surface area contributed by atoms with E-state index in [0.717, 1.165) is 32.4 Å². The van der Waals surface area contributed by atoms with E-state index in [2.05, 4.69) is 14.5 Å². The Morgan fingerprint density at radius 1 is 1.00 bits per heavy atom. The average molecular weight is 381 g/mol. The zero-order valence-corrected chi connectivity index (χ0v) is 16.1. The highest BCUT2D eigenvalue weighted by Crippen LogP contribution is 2.34. The standard InChI is InChI=1S/C20H19N3O3S/c1-25-18-8-15-16(9-19(18)26-2)21-10-17-20(15)23(12-22-17)11-13-4-6-14(7-5-13)27(3)24/h4-10,12H,11H2,1-3H3. The van der Waals surface area contributed by atoms with Crippen molar-refractivity contribution in [2.24, 2.45) is 0 Å². The van der Waals surface area contributed by atoms with Crippen molar-refractivity contribution in [3.05, 3.63) is 54.5 Å². The maximum Gasteiger partial charge on any atom is 0.162 e. The number of ether oxygens (including phenoxy) is 2. The molecule has 1 unspecified atom stereocenters. The lowest BCUT2D eigenvalue weighted by atomic mass is 10.1. The molecule has 2 heterocycles. The molecule has 138 valence electrons. The molecule has 1 atom stereocenters. The summed E-state index contributed by atoms with van der Waals surface area (Å²) in [5, 5.41) is 0.953. The molecule has 0 spiro atoms. The number of aromatic nitrogens is 3. The molecule has 0 saturated heterocycles. The Bertz CT molecular complexity index is 1150. The second-order valence-electron chi connectivity index (χ2n) is 6.19. The van der Waals surface area contributed by atoms with E-state index in [1.165, 1.54) is 0 Å². The summed E-state index contributed by atoms with van der Waals surface area (Å²) in [6, 6.07) is 11.6. The Kier molecular flexibility index (Phi) is 4.53. The summed E-state index contributed by atoms with van der Waals surface area (Å²) in [6.45, 7) is 0.653. The molecule has 2 aromatic carbocycles. The van der Waals surface area contributed by atoms with E-state index in [9.17, 15) is 4.21 Å². The second kappa shape index (κ2) is 7.00. The van der Waals surface area contributed by atoms with Crippen molar-refractivity contribution < 1.29 is 13.7 Å². The third kappa shape index (κ3) is 3.14. The topological polar surface area (TPSA) is 66.2 Å². The van der Waals surface area contributed by atoms with Gasteiger partial charge in [-0.2, -0.15) is 0 Å². The highest BCUT2D eigenvalue weighted by molar-refractivity contribution is 7.84. The Morgan fingerprint density at radius 3 is 2.37 bits per heavy atom. The van der Waals surface area contributed by atoms with Crippen LogP contribution >= 0.6 is 0 Å². The third-order valence-corrected chi connectivity index (χ3v) is 5.49. The fraction of sp³-hybridized carbons (Fsp3) is 0.200. The van der Waals surface area contributed by atoms with Gasteiger partial charge in [-0.3, -0.25) is 9.19 Å². The smallest absolute Gasteiger partial charge is 0.162 e. The van der Waals surface area contributed by atoms with Crippen LogP contribution in [0.1, 0.15) is 5.56 Å². The first kappa shape index (κ1) is 17.5. The molecular weight excluding hydrogens is 362 g/mol. The van der Waals surface area contributed by atoms with Crippen LogP contribution in [-0.2, 0) is 17.3 Å². The zero-order valence-electron chi connectivity index (χ0n) is 15.3. The van der Waals surface area contributed by atoms with Crippen LogP contribution in [0.2, 0.25) is 0 Å². The van der Waals surface area contributed by atoms with Gasteiger partial charge >= 0.3 is 0 Å². The molecule has 0 saturated carbocycles. The van der Waals surface area contributed by atoms with Crippen LogP contribution in [0.5, 0.6) is 11.5 Å². The van der Waals surface area contributed by atoms with E-state index in [1.807, 2.05) is 42.7 Å². The van der Waals surface area contributed by atoms with E-state index >= 15 is 0 Å². The lowest BCUT2D eigenvalue weighted by Gasteiger charge is -2.11. The van der Waals surface area contributed by atoms with Crippen LogP contribution < -0.4 is 9.47 Å². The number of fused-ring (bicyclic) bond motifs is 3. The Balaban J connectivity index is 1.83. The molecule has 4 aromatic rings. The Labute approximate surface area is 159 Å². The van der Waals surface area contributed by atoms with Crippen LogP contribution in [0.4, 0.5) is 0 Å². The SMILES string of the molecule is COc1cc2ncc3ncn(Cc4ccc(S(C)=O)cc4)c3c2cc1OC. The quantitative estimate of drug-likeness (QED) is 0.530. The predicted octanol–water partition coefficient (Wildman–Crippen LogP) is 3.39. The van der Waals surface area contributed by atoms with Gasteiger partial charge in [0.05, 0.1) is 37.8 Å². The first-order chi connectivity index (χ1) is 13.1. The van der Waals surface area contributed by atoms with E-state index in [-0.39, 0.29) is 0 Å². The number of hydrogen-bond donors (Lipinski definition) is 0. The van der Waals surface area contributed by atoms with Crippen molar-refractivity contribution in [2.75, 3.05) is 20.5 Å². The monoisotopic (exact) mass is 381 g/mol. The minimum atomic E-state index is -0.977. The largest absolute Gasteiger partial charge is 0.493 e. The normalized spacial score (nSPS) is 12.4. The number of benzene rings is 2. The summed E-state index contributed by atoms with van der Waals surface area (Å²) in [7, 11) is 2.25. The molecule has 27 heavy (non-hydrogen) atoms. The summed E-state index contributed by atoms with van der Waals surface area (Å²) in [5.74, 6) is 1.30. The van der Waals surface area contributed by atoms with E-state index in [0.29, 0.717) is 18.0 Å². The first-order valence-corrected chi connectivity index (χ1v) is 9.94. The van der Waals surface area contributed by atoms with E-state index in [1.54, 1.807) is 26.7 Å².